The van der Waals surface area contributed by atoms with Crippen molar-refractivity contribution in [3.05, 3.63) is 63.2 Å². The topological polar surface area (TPSA) is 81.5 Å². The number of halogens is 1. The number of nitrogens with zero attached hydrogens (tertiary/aromatic N) is 1. The Balaban J connectivity index is 2.15. The molecule has 0 saturated carbocycles. The van der Waals surface area contributed by atoms with Crippen molar-refractivity contribution in [1.82, 2.24) is 0 Å². The molecule has 0 spiro atoms. The molecule has 0 bridgehead atoms. The number of carbonyl (C=O) groups is 1. The van der Waals surface area contributed by atoms with Crippen molar-refractivity contribution in [2.45, 2.75) is 39.2 Å². The number of para-hydroxylation sites is 1. The van der Waals surface area contributed by atoms with E-state index in [1.807, 2.05) is 24.3 Å². The van der Waals surface area contributed by atoms with Gasteiger partial charge in [-0.25, -0.2) is 0 Å². The highest BCUT2D eigenvalue weighted by molar-refractivity contribution is 6.32. The maximum Gasteiger partial charge on any atom is 0.289 e. The number of nitro groups is 1. The van der Waals surface area contributed by atoms with Crippen LogP contribution in [0.5, 0.6) is 5.75 Å². The average molecular weight is 377 g/mol. The summed E-state index contributed by atoms with van der Waals surface area (Å²) in [4.78, 5) is 22.8. The van der Waals surface area contributed by atoms with E-state index in [0.717, 1.165) is 5.56 Å². The fraction of sp³-hybridized carbons (Fsp3) is 0.316. The van der Waals surface area contributed by atoms with Gasteiger partial charge in [0.2, 0.25) is 0 Å². The number of benzene rings is 2. The normalized spacial score (nSPS) is 12.3. The van der Waals surface area contributed by atoms with E-state index in [1.165, 1.54) is 18.2 Å². The molecule has 0 radical (unpaired) electrons. The molecule has 2 rings (SSSR count). The molecule has 2 aromatic rings. The number of rotatable bonds is 5. The molecular formula is C19H21ClN2O4. The minimum atomic E-state index is -0.784. The van der Waals surface area contributed by atoms with Gasteiger partial charge in [0.15, 0.2) is 6.10 Å². The number of hydrogen-bond acceptors (Lipinski definition) is 4. The van der Waals surface area contributed by atoms with Crippen molar-refractivity contribution in [2.24, 2.45) is 0 Å². The summed E-state index contributed by atoms with van der Waals surface area (Å²) in [6.45, 7) is 7.81. The molecule has 1 atom stereocenters. The molecule has 1 amide bonds. The number of hydrogen-bond donors (Lipinski definition) is 1. The zero-order valence-electron chi connectivity index (χ0n) is 15.1. The van der Waals surface area contributed by atoms with Gasteiger partial charge in [0.25, 0.3) is 11.6 Å². The lowest BCUT2D eigenvalue weighted by Gasteiger charge is -2.24. The number of anilines is 1. The highest BCUT2D eigenvalue weighted by atomic mass is 35.5. The van der Waals surface area contributed by atoms with E-state index in [2.05, 4.69) is 26.1 Å². The Morgan fingerprint density at radius 1 is 1.23 bits per heavy atom. The zero-order chi connectivity index (χ0) is 19.5. The molecule has 0 aromatic heterocycles. The summed E-state index contributed by atoms with van der Waals surface area (Å²) in [5.41, 5.74) is 0.868. The van der Waals surface area contributed by atoms with Gasteiger partial charge < -0.3 is 10.1 Å². The maximum absolute atomic E-state index is 12.4. The van der Waals surface area contributed by atoms with Crippen LogP contribution in [0.2, 0.25) is 5.02 Å². The Morgan fingerprint density at radius 2 is 1.88 bits per heavy atom. The fourth-order valence-corrected chi connectivity index (χ4v) is 2.59. The van der Waals surface area contributed by atoms with Crippen LogP contribution in [0.3, 0.4) is 0 Å². The van der Waals surface area contributed by atoms with Crippen LogP contribution < -0.4 is 10.1 Å². The number of ether oxygens (including phenoxy) is 1. The standard InChI is InChI=1S/C19H21ClN2O4/c1-12(26-17-8-6-5-7-14(17)19(2,3)4)18(23)21-13-9-10-15(20)16(11-13)22(24)25/h5-12H,1-4H3,(H,21,23). The molecular weight excluding hydrogens is 356 g/mol. The van der Waals surface area contributed by atoms with E-state index in [-0.39, 0.29) is 21.8 Å². The summed E-state index contributed by atoms with van der Waals surface area (Å²) in [7, 11) is 0. The molecule has 0 heterocycles. The fourth-order valence-electron chi connectivity index (χ4n) is 2.41. The highest BCUT2D eigenvalue weighted by Crippen LogP contribution is 2.32. The Labute approximate surface area is 157 Å². The van der Waals surface area contributed by atoms with E-state index < -0.39 is 16.9 Å². The average Bonchev–Trinajstić information content (AvgIpc) is 2.55. The number of nitrogens with one attached hydrogen (secondary N) is 1. The molecule has 6 nitrogen and oxygen atoms in total. The minimum Gasteiger partial charge on any atom is -0.481 e. The predicted molar refractivity (Wildman–Crippen MR) is 102 cm³/mol. The molecule has 138 valence electrons. The zero-order valence-corrected chi connectivity index (χ0v) is 15.8. The van der Waals surface area contributed by atoms with E-state index in [4.69, 9.17) is 16.3 Å². The first kappa shape index (κ1) is 19.7. The third kappa shape index (κ3) is 4.73. The van der Waals surface area contributed by atoms with E-state index in [1.54, 1.807) is 6.92 Å². The molecule has 1 unspecified atom stereocenters. The summed E-state index contributed by atoms with van der Waals surface area (Å²) in [6, 6.07) is 11.6. The summed E-state index contributed by atoms with van der Waals surface area (Å²) >= 11 is 5.78. The first-order valence-corrected chi connectivity index (χ1v) is 8.48. The SMILES string of the molecule is CC(Oc1ccccc1C(C)(C)C)C(=O)Nc1ccc(Cl)c([N+](=O)[O-])c1. The quantitative estimate of drug-likeness (QED) is 0.591. The second-order valence-electron chi connectivity index (χ2n) is 6.92. The Bertz CT molecular complexity index is 831. The van der Waals surface area contributed by atoms with Crippen molar-refractivity contribution in [3.63, 3.8) is 0 Å². The van der Waals surface area contributed by atoms with Crippen LogP contribution in [0.1, 0.15) is 33.3 Å². The molecule has 0 aliphatic rings. The van der Waals surface area contributed by atoms with Gasteiger partial charge in [-0.2, -0.15) is 0 Å². The van der Waals surface area contributed by atoms with Gasteiger partial charge in [-0.1, -0.05) is 50.6 Å². The van der Waals surface area contributed by atoms with Gasteiger partial charge in [-0.05, 0) is 36.1 Å². The van der Waals surface area contributed by atoms with E-state index >= 15 is 0 Å². The van der Waals surface area contributed by atoms with Gasteiger partial charge in [0.05, 0.1) is 4.92 Å². The number of carbonyl (C=O) groups excluding carboxylic acids is 1. The van der Waals surface area contributed by atoms with E-state index in [9.17, 15) is 14.9 Å². The van der Waals surface area contributed by atoms with Crippen molar-refractivity contribution in [3.8, 4) is 5.75 Å². The largest absolute Gasteiger partial charge is 0.481 e. The highest BCUT2D eigenvalue weighted by Gasteiger charge is 2.22. The lowest BCUT2D eigenvalue weighted by atomic mass is 9.86. The summed E-state index contributed by atoms with van der Waals surface area (Å²) < 4.78 is 5.84. The summed E-state index contributed by atoms with van der Waals surface area (Å²) in [5.74, 6) is 0.218. The van der Waals surface area contributed by atoms with Gasteiger partial charge in [-0.3, -0.25) is 14.9 Å². The van der Waals surface area contributed by atoms with Crippen molar-refractivity contribution in [2.75, 3.05) is 5.32 Å². The third-order valence-electron chi connectivity index (χ3n) is 3.78. The van der Waals surface area contributed by atoms with E-state index in [0.29, 0.717) is 5.75 Å². The molecule has 7 heteroatoms. The van der Waals surface area contributed by atoms with Crippen LogP contribution in [-0.2, 0) is 10.2 Å². The number of amides is 1. The van der Waals surface area contributed by atoms with Gasteiger partial charge in [-0.15, -0.1) is 0 Å². The van der Waals surface area contributed by atoms with Crippen LogP contribution in [0.15, 0.2) is 42.5 Å². The molecule has 0 aliphatic heterocycles. The smallest absolute Gasteiger partial charge is 0.289 e. The second kappa shape index (κ2) is 7.74. The summed E-state index contributed by atoms with van der Waals surface area (Å²) in [5, 5.41) is 13.6. The first-order valence-electron chi connectivity index (χ1n) is 8.10. The summed E-state index contributed by atoms with van der Waals surface area (Å²) in [6.07, 6.45) is -0.784. The Hall–Kier alpha value is -2.60. The lowest BCUT2D eigenvalue weighted by molar-refractivity contribution is -0.384. The van der Waals surface area contributed by atoms with Gasteiger partial charge in [0.1, 0.15) is 10.8 Å². The molecule has 1 N–H and O–H groups in total. The molecule has 0 saturated heterocycles. The molecule has 0 aliphatic carbocycles. The molecule has 26 heavy (non-hydrogen) atoms. The van der Waals surface area contributed by atoms with Crippen molar-refractivity contribution < 1.29 is 14.5 Å². The van der Waals surface area contributed by atoms with Crippen LogP contribution in [0.4, 0.5) is 11.4 Å². The third-order valence-corrected chi connectivity index (χ3v) is 4.10. The Kier molecular flexibility index (Phi) is 5.87. The van der Waals surface area contributed by atoms with Crippen LogP contribution in [0.25, 0.3) is 0 Å². The minimum absolute atomic E-state index is 0.0106. The first-order chi connectivity index (χ1) is 12.1. The Morgan fingerprint density at radius 3 is 2.50 bits per heavy atom. The van der Waals surface area contributed by atoms with Crippen LogP contribution in [-0.4, -0.2) is 16.9 Å². The van der Waals surface area contributed by atoms with Crippen LogP contribution >= 0.6 is 11.6 Å². The molecule has 2 aromatic carbocycles. The second-order valence-corrected chi connectivity index (χ2v) is 7.33. The van der Waals surface area contributed by atoms with Crippen LogP contribution in [0, 0.1) is 10.1 Å². The number of nitro benzene ring substituents is 1. The van der Waals surface area contributed by atoms with Crippen molar-refractivity contribution >= 4 is 28.9 Å². The monoisotopic (exact) mass is 376 g/mol. The predicted octanol–water partition coefficient (Wildman–Crippen LogP) is 4.95. The van der Waals surface area contributed by atoms with Gasteiger partial charge >= 0.3 is 0 Å². The maximum atomic E-state index is 12.4. The van der Waals surface area contributed by atoms with Crippen molar-refractivity contribution in [1.29, 1.82) is 0 Å². The molecule has 0 fully saturated rings. The lowest BCUT2D eigenvalue weighted by Crippen LogP contribution is -2.31. The van der Waals surface area contributed by atoms with Gasteiger partial charge in [0, 0.05) is 11.8 Å².